The highest BCUT2D eigenvalue weighted by atomic mass is 35.5. The van der Waals surface area contributed by atoms with Crippen LogP contribution in [0.15, 0.2) is 49.1 Å². The number of benzene rings is 1. The Bertz CT molecular complexity index is 1400. The third-order valence-corrected chi connectivity index (χ3v) is 6.29. The molecule has 1 aliphatic rings. The van der Waals surface area contributed by atoms with Gasteiger partial charge in [-0.2, -0.15) is 4.39 Å². The summed E-state index contributed by atoms with van der Waals surface area (Å²) in [6.45, 7) is 8.50. The Hall–Kier alpha value is -3.43. The van der Waals surface area contributed by atoms with Crippen molar-refractivity contribution in [2.24, 2.45) is 0 Å². The van der Waals surface area contributed by atoms with Crippen LogP contribution in [-0.4, -0.2) is 51.4 Å². The van der Waals surface area contributed by atoms with Crippen LogP contribution in [0.5, 0.6) is 0 Å². The first-order chi connectivity index (χ1) is 16.7. The number of rotatable bonds is 4. The van der Waals surface area contributed by atoms with Crippen LogP contribution < -0.4 is 10.2 Å². The average Bonchev–Trinajstić information content (AvgIpc) is 3.46. The van der Waals surface area contributed by atoms with Crippen molar-refractivity contribution >= 4 is 34.5 Å². The maximum absolute atomic E-state index is 14.4. The molecule has 0 unspecified atom stereocenters. The molecule has 1 saturated heterocycles. The fraction of sp³-hybridized carbons (Fsp3) is 0.320. The van der Waals surface area contributed by atoms with Gasteiger partial charge in [0.2, 0.25) is 5.95 Å². The van der Waals surface area contributed by atoms with Gasteiger partial charge in [-0.05, 0) is 45.0 Å². The number of hydrogen-bond donors (Lipinski definition) is 1. The van der Waals surface area contributed by atoms with E-state index in [9.17, 15) is 9.18 Å². The molecule has 5 rings (SSSR count). The first kappa shape index (κ1) is 23.3. The van der Waals surface area contributed by atoms with Crippen molar-refractivity contribution in [3.8, 4) is 11.1 Å². The minimum absolute atomic E-state index is 0.120. The Morgan fingerprint density at radius 3 is 2.66 bits per heavy atom. The van der Waals surface area contributed by atoms with E-state index in [-0.39, 0.29) is 5.56 Å². The minimum Gasteiger partial charge on any atom is -0.378 e. The fourth-order valence-electron chi connectivity index (χ4n) is 4.07. The van der Waals surface area contributed by atoms with Crippen LogP contribution in [-0.2, 0) is 10.3 Å². The molecule has 35 heavy (non-hydrogen) atoms. The van der Waals surface area contributed by atoms with Crippen molar-refractivity contribution < 1.29 is 13.9 Å². The summed E-state index contributed by atoms with van der Waals surface area (Å²) in [6.07, 6.45) is 7.01. The van der Waals surface area contributed by atoms with Crippen LogP contribution in [0.25, 0.3) is 16.8 Å². The first-order valence-electron chi connectivity index (χ1n) is 11.4. The van der Waals surface area contributed by atoms with E-state index in [0.29, 0.717) is 23.9 Å². The summed E-state index contributed by atoms with van der Waals surface area (Å²) < 4.78 is 23.3. The predicted octanol–water partition coefficient (Wildman–Crippen LogP) is 4.83. The van der Waals surface area contributed by atoms with Crippen LogP contribution in [0.3, 0.4) is 0 Å². The molecule has 10 heteroatoms. The van der Waals surface area contributed by atoms with Crippen molar-refractivity contribution in [3.05, 3.63) is 65.6 Å². The molecule has 1 fully saturated rings. The molecule has 0 spiro atoms. The fourth-order valence-corrected chi connectivity index (χ4v) is 4.30. The van der Waals surface area contributed by atoms with Crippen molar-refractivity contribution in [3.63, 3.8) is 0 Å². The van der Waals surface area contributed by atoms with Crippen LogP contribution >= 0.6 is 11.6 Å². The Kier molecular flexibility index (Phi) is 5.98. The molecule has 0 radical (unpaired) electrons. The Labute approximate surface area is 207 Å². The number of hydrogen-bond acceptors (Lipinski definition) is 5. The van der Waals surface area contributed by atoms with Crippen molar-refractivity contribution in [2.45, 2.75) is 26.3 Å². The highest BCUT2D eigenvalue weighted by Crippen LogP contribution is 2.34. The number of carbonyl (C=O) groups is 1. The second kappa shape index (κ2) is 8.98. The normalized spacial score (nSPS) is 14.5. The smallest absolute Gasteiger partial charge is 0.261 e. The van der Waals surface area contributed by atoms with Gasteiger partial charge in [0.15, 0.2) is 5.65 Å². The molecule has 1 amide bonds. The second-order valence-corrected chi connectivity index (χ2v) is 9.88. The number of halogens is 2. The molecule has 1 aromatic carbocycles. The molecule has 3 aromatic heterocycles. The lowest BCUT2D eigenvalue weighted by atomic mass is 10.1. The number of fused-ring (bicyclic) bond motifs is 1. The monoisotopic (exact) mass is 496 g/mol. The molecule has 1 N–H and O–H groups in total. The topological polar surface area (TPSA) is 76.7 Å². The van der Waals surface area contributed by atoms with Gasteiger partial charge in [-0.15, -0.1) is 5.10 Å². The van der Waals surface area contributed by atoms with E-state index in [1.54, 1.807) is 24.4 Å². The number of aromatic nitrogens is 4. The summed E-state index contributed by atoms with van der Waals surface area (Å²) >= 11 is 6.58. The van der Waals surface area contributed by atoms with Gasteiger partial charge >= 0.3 is 0 Å². The van der Waals surface area contributed by atoms with Gasteiger partial charge in [-0.25, -0.2) is 4.98 Å². The number of nitrogens with zero attached hydrogens (tertiary/aromatic N) is 5. The van der Waals surface area contributed by atoms with Gasteiger partial charge in [0.05, 0.1) is 24.4 Å². The van der Waals surface area contributed by atoms with E-state index >= 15 is 0 Å². The number of nitrogens with one attached hydrogen (secondary N) is 1. The zero-order chi connectivity index (χ0) is 24.7. The Balaban J connectivity index is 1.48. The largest absolute Gasteiger partial charge is 0.378 e. The molecule has 4 heterocycles. The minimum atomic E-state index is -0.813. The predicted molar refractivity (Wildman–Crippen MR) is 134 cm³/mol. The highest BCUT2D eigenvalue weighted by molar-refractivity contribution is 6.33. The number of ether oxygens (including phenoxy) is 1. The van der Waals surface area contributed by atoms with Crippen LogP contribution in [0.1, 0.15) is 31.1 Å². The molecular formula is C25H26ClFN6O2. The van der Waals surface area contributed by atoms with E-state index in [1.165, 1.54) is 10.9 Å². The Morgan fingerprint density at radius 1 is 1.17 bits per heavy atom. The second-order valence-electron chi connectivity index (χ2n) is 9.47. The average molecular weight is 497 g/mol. The molecule has 8 nitrogen and oxygen atoms in total. The van der Waals surface area contributed by atoms with Crippen LogP contribution in [0, 0.1) is 5.95 Å². The Morgan fingerprint density at radius 2 is 1.94 bits per heavy atom. The lowest BCUT2D eigenvalue weighted by Crippen LogP contribution is -2.36. The number of anilines is 2. The van der Waals surface area contributed by atoms with Gasteiger partial charge in [0.25, 0.3) is 5.91 Å². The maximum Gasteiger partial charge on any atom is 0.261 e. The van der Waals surface area contributed by atoms with Crippen LogP contribution in [0.2, 0.25) is 5.02 Å². The summed E-state index contributed by atoms with van der Waals surface area (Å²) in [5.74, 6) is -1.39. The zero-order valence-corrected chi connectivity index (χ0v) is 20.5. The van der Waals surface area contributed by atoms with Gasteiger partial charge < -0.3 is 19.4 Å². The lowest BCUT2D eigenvalue weighted by molar-refractivity contribution is 0.102. The summed E-state index contributed by atoms with van der Waals surface area (Å²) in [6, 6.07) is 7.24. The molecule has 0 saturated carbocycles. The highest BCUT2D eigenvalue weighted by Gasteiger charge is 2.23. The molecule has 0 atom stereocenters. The van der Waals surface area contributed by atoms with Gasteiger partial charge in [-0.3, -0.25) is 9.48 Å². The lowest BCUT2D eigenvalue weighted by Gasteiger charge is -2.29. The van der Waals surface area contributed by atoms with Crippen LogP contribution in [0.4, 0.5) is 15.8 Å². The standard InChI is InChI=1S/C25H26ClFN6O2/c1-25(2,3)33-15-19(22(27)30-33)24(34)29-17-4-5-20(26)18(13-17)16-12-21(31-8-10-35-11-9-31)23-28-6-7-32(23)14-16/h4-7,12-15H,8-11H2,1-3H3,(H,29,34). The van der Waals surface area contributed by atoms with E-state index in [2.05, 4.69) is 20.3 Å². The van der Waals surface area contributed by atoms with Gasteiger partial charge in [-0.1, -0.05) is 11.6 Å². The third-order valence-electron chi connectivity index (χ3n) is 5.96. The molecular weight excluding hydrogens is 471 g/mol. The first-order valence-corrected chi connectivity index (χ1v) is 11.7. The molecule has 182 valence electrons. The maximum atomic E-state index is 14.4. The van der Waals surface area contributed by atoms with Crippen molar-refractivity contribution in [1.82, 2.24) is 19.2 Å². The number of amides is 1. The quantitative estimate of drug-likeness (QED) is 0.438. The van der Waals surface area contributed by atoms with E-state index in [1.807, 2.05) is 43.6 Å². The summed E-state index contributed by atoms with van der Waals surface area (Å²) in [5.41, 5.74) is 3.37. The van der Waals surface area contributed by atoms with Gasteiger partial charge in [0, 0.05) is 59.7 Å². The van der Waals surface area contributed by atoms with E-state index < -0.39 is 17.4 Å². The summed E-state index contributed by atoms with van der Waals surface area (Å²) in [5, 5.41) is 7.15. The molecule has 0 bridgehead atoms. The van der Waals surface area contributed by atoms with Crippen molar-refractivity contribution in [1.29, 1.82) is 0 Å². The molecule has 4 aromatic rings. The van der Waals surface area contributed by atoms with Crippen molar-refractivity contribution in [2.75, 3.05) is 36.5 Å². The van der Waals surface area contributed by atoms with E-state index in [4.69, 9.17) is 16.3 Å². The van der Waals surface area contributed by atoms with Gasteiger partial charge in [0.1, 0.15) is 5.56 Å². The number of imidazole rings is 1. The summed E-state index contributed by atoms with van der Waals surface area (Å²) in [7, 11) is 0. The summed E-state index contributed by atoms with van der Waals surface area (Å²) in [4.78, 5) is 19.6. The number of carbonyl (C=O) groups excluding carboxylic acids is 1. The van der Waals surface area contributed by atoms with E-state index in [0.717, 1.165) is 35.6 Å². The molecule has 0 aliphatic carbocycles. The SMILES string of the molecule is CC(C)(C)n1cc(C(=O)Nc2ccc(Cl)c(-c3cc(N4CCOCC4)c4nccn4c3)c2)c(F)n1. The number of pyridine rings is 1. The number of morpholine rings is 1. The third kappa shape index (κ3) is 4.61. The zero-order valence-electron chi connectivity index (χ0n) is 19.8. The molecule has 1 aliphatic heterocycles.